The predicted molar refractivity (Wildman–Crippen MR) is 78.2 cm³/mol. The van der Waals surface area contributed by atoms with Crippen LogP contribution in [-0.2, 0) is 4.79 Å². The Morgan fingerprint density at radius 1 is 1.14 bits per heavy atom. The molecule has 1 amide bonds. The molecule has 1 saturated heterocycles. The zero-order chi connectivity index (χ0) is 15.2. The number of likely N-dealkylation sites (tertiary alicyclic amines) is 1. The van der Waals surface area contributed by atoms with Crippen LogP contribution in [0.3, 0.4) is 0 Å². The molecule has 2 N–H and O–H groups in total. The summed E-state index contributed by atoms with van der Waals surface area (Å²) in [5, 5.41) is 2.57. The number of carbonyl (C=O) groups excluding carboxylic acids is 1. The first-order valence-electron chi connectivity index (χ1n) is 7.68. The van der Waals surface area contributed by atoms with E-state index in [0.717, 1.165) is 38.1 Å². The summed E-state index contributed by atoms with van der Waals surface area (Å²) in [6.45, 7) is 3.81. The van der Waals surface area contributed by atoms with E-state index in [0.29, 0.717) is 0 Å². The average molecular weight is 297 g/mol. The van der Waals surface area contributed by atoms with E-state index < -0.39 is 11.6 Å². The molecule has 116 valence electrons. The molecule has 1 fully saturated rings. The van der Waals surface area contributed by atoms with Crippen LogP contribution in [0.25, 0.3) is 0 Å². The van der Waals surface area contributed by atoms with Crippen molar-refractivity contribution in [3.05, 3.63) is 29.8 Å². The van der Waals surface area contributed by atoms with Crippen molar-refractivity contribution in [2.75, 3.05) is 18.4 Å². The lowest BCUT2D eigenvalue weighted by atomic mass is 10.1. The van der Waals surface area contributed by atoms with Crippen molar-refractivity contribution in [1.82, 2.24) is 0 Å². The van der Waals surface area contributed by atoms with E-state index in [1.807, 2.05) is 6.92 Å². The molecule has 1 aromatic rings. The number of amides is 1. The number of benzene rings is 1. The molecule has 0 aromatic heterocycles. The lowest BCUT2D eigenvalue weighted by Crippen LogP contribution is -3.16. The number of anilines is 1. The summed E-state index contributed by atoms with van der Waals surface area (Å²) in [4.78, 5) is 13.5. The third-order valence-corrected chi connectivity index (χ3v) is 4.19. The Kier molecular flexibility index (Phi) is 5.67. The Hall–Kier alpha value is -1.49. The first kappa shape index (κ1) is 15.9. The quantitative estimate of drug-likeness (QED) is 0.880. The van der Waals surface area contributed by atoms with E-state index in [4.69, 9.17) is 0 Å². The number of hydrogen-bond acceptors (Lipinski definition) is 1. The van der Waals surface area contributed by atoms with Gasteiger partial charge in [0.1, 0.15) is 11.6 Å². The highest BCUT2D eigenvalue weighted by Gasteiger charge is 2.25. The van der Waals surface area contributed by atoms with E-state index in [2.05, 4.69) is 5.32 Å². The van der Waals surface area contributed by atoms with Gasteiger partial charge in [-0.25, -0.2) is 8.78 Å². The minimum absolute atomic E-state index is 0.0414. The Morgan fingerprint density at radius 2 is 1.76 bits per heavy atom. The monoisotopic (exact) mass is 297 g/mol. The second-order valence-electron chi connectivity index (χ2n) is 5.76. The van der Waals surface area contributed by atoms with E-state index in [1.165, 1.54) is 30.2 Å². The number of carbonyl (C=O) groups is 1. The molecule has 1 aromatic carbocycles. The van der Waals surface area contributed by atoms with Gasteiger partial charge in [0.2, 0.25) is 0 Å². The van der Waals surface area contributed by atoms with Crippen LogP contribution in [0, 0.1) is 11.6 Å². The smallest absolute Gasteiger partial charge is 0.282 e. The fourth-order valence-electron chi connectivity index (χ4n) is 2.81. The van der Waals surface area contributed by atoms with Crippen molar-refractivity contribution in [2.45, 2.75) is 45.1 Å². The summed E-state index contributed by atoms with van der Waals surface area (Å²) in [7, 11) is 0. The van der Waals surface area contributed by atoms with Crippen LogP contribution < -0.4 is 10.2 Å². The van der Waals surface area contributed by atoms with Gasteiger partial charge in [0.05, 0.1) is 18.8 Å². The first-order valence-corrected chi connectivity index (χ1v) is 7.68. The molecule has 5 heteroatoms. The van der Waals surface area contributed by atoms with Crippen LogP contribution in [0.1, 0.15) is 39.0 Å². The molecule has 3 nitrogen and oxygen atoms in total. The number of rotatable bonds is 3. The van der Waals surface area contributed by atoms with Gasteiger partial charge in [-0.1, -0.05) is 6.42 Å². The number of quaternary nitrogens is 1. The van der Waals surface area contributed by atoms with Crippen molar-refractivity contribution in [2.24, 2.45) is 0 Å². The van der Waals surface area contributed by atoms with Gasteiger partial charge in [0.25, 0.3) is 5.91 Å². The van der Waals surface area contributed by atoms with Gasteiger partial charge >= 0.3 is 0 Å². The SMILES string of the molecule is C[C@@H](C(=O)Nc1ccc(F)cc1F)[NH+]1CCCCCCC1. The minimum Gasteiger partial charge on any atom is -0.325 e. The molecule has 0 spiro atoms. The lowest BCUT2D eigenvalue weighted by Gasteiger charge is -2.27. The zero-order valence-corrected chi connectivity index (χ0v) is 12.4. The predicted octanol–water partition coefficient (Wildman–Crippen LogP) is 2.14. The van der Waals surface area contributed by atoms with Crippen LogP contribution in [0.2, 0.25) is 0 Å². The van der Waals surface area contributed by atoms with Gasteiger partial charge in [0.15, 0.2) is 6.04 Å². The Bertz CT molecular complexity index is 485. The molecule has 0 aliphatic carbocycles. The maximum atomic E-state index is 13.6. The van der Waals surface area contributed by atoms with E-state index in [-0.39, 0.29) is 17.6 Å². The standard InChI is InChI=1S/C16H22F2N2O/c1-12(20-9-5-3-2-4-6-10-20)16(21)19-15-8-7-13(17)11-14(15)18/h7-8,11-12H,2-6,9-10H2,1H3,(H,19,21)/p+1/t12-/m0/s1. The third-order valence-electron chi connectivity index (χ3n) is 4.19. The van der Waals surface area contributed by atoms with Crippen LogP contribution in [0.5, 0.6) is 0 Å². The second-order valence-corrected chi connectivity index (χ2v) is 5.76. The van der Waals surface area contributed by atoms with Gasteiger partial charge in [-0.15, -0.1) is 0 Å². The third kappa shape index (κ3) is 4.49. The molecular formula is C16H23F2N2O+. The van der Waals surface area contributed by atoms with Gasteiger partial charge in [-0.05, 0) is 44.7 Å². The lowest BCUT2D eigenvalue weighted by molar-refractivity contribution is -0.914. The Labute approximate surface area is 124 Å². The highest BCUT2D eigenvalue weighted by Crippen LogP contribution is 2.15. The van der Waals surface area contributed by atoms with Crippen molar-refractivity contribution in [3.8, 4) is 0 Å². The summed E-state index contributed by atoms with van der Waals surface area (Å²) >= 11 is 0. The molecule has 0 unspecified atom stereocenters. The molecule has 1 atom stereocenters. The van der Waals surface area contributed by atoms with Crippen LogP contribution in [-0.4, -0.2) is 25.0 Å². The molecule has 21 heavy (non-hydrogen) atoms. The number of nitrogens with one attached hydrogen (secondary N) is 2. The topological polar surface area (TPSA) is 33.5 Å². The Balaban J connectivity index is 1.97. The highest BCUT2D eigenvalue weighted by atomic mass is 19.1. The van der Waals surface area contributed by atoms with Gasteiger partial charge < -0.3 is 10.2 Å². The highest BCUT2D eigenvalue weighted by molar-refractivity contribution is 5.93. The molecule has 0 radical (unpaired) electrons. The summed E-state index contributed by atoms with van der Waals surface area (Å²) in [5.41, 5.74) is 0.0414. The fourth-order valence-corrected chi connectivity index (χ4v) is 2.81. The fraction of sp³-hybridized carbons (Fsp3) is 0.562. The van der Waals surface area contributed by atoms with E-state index in [9.17, 15) is 13.6 Å². The molecule has 1 heterocycles. The van der Waals surface area contributed by atoms with Crippen LogP contribution in [0.15, 0.2) is 18.2 Å². The summed E-state index contributed by atoms with van der Waals surface area (Å²) < 4.78 is 26.4. The second kappa shape index (κ2) is 7.50. The molecular weight excluding hydrogens is 274 g/mol. The van der Waals surface area contributed by atoms with Crippen molar-refractivity contribution in [1.29, 1.82) is 0 Å². The van der Waals surface area contributed by atoms with Gasteiger partial charge in [0, 0.05) is 6.07 Å². The summed E-state index contributed by atoms with van der Waals surface area (Å²) in [5.74, 6) is -1.60. The summed E-state index contributed by atoms with van der Waals surface area (Å²) in [6, 6.07) is 2.96. The molecule has 0 bridgehead atoms. The zero-order valence-electron chi connectivity index (χ0n) is 12.4. The van der Waals surface area contributed by atoms with Crippen molar-refractivity contribution < 1.29 is 18.5 Å². The molecule has 1 aliphatic rings. The van der Waals surface area contributed by atoms with E-state index in [1.54, 1.807) is 0 Å². The van der Waals surface area contributed by atoms with Crippen molar-refractivity contribution >= 4 is 11.6 Å². The van der Waals surface area contributed by atoms with Crippen molar-refractivity contribution in [3.63, 3.8) is 0 Å². The largest absolute Gasteiger partial charge is 0.325 e. The molecule has 2 rings (SSSR count). The maximum Gasteiger partial charge on any atom is 0.282 e. The maximum absolute atomic E-state index is 13.6. The van der Waals surface area contributed by atoms with Crippen LogP contribution >= 0.6 is 0 Å². The Morgan fingerprint density at radius 3 is 2.38 bits per heavy atom. The molecule has 1 aliphatic heterocycles. The van der Waals surface area contributed by atoms with Crippen LogP contribution in [0.4, 0.5) is 14.5 Å². The minimum atomic E-state index is -0.738. The number of halogens is 2. The number of hydrogen-bond donors (Lipinski definition) is 2. The average Bonchev–Trinajstić information content (AvgIpc) is 2.41. The van der Waals surface area contributed by atoms with Gasteiger partial charge in [-0.2, -0.15) is 0 Å². The van der Waals surface area contributed by atoms with E-state index >= 15 is 0 Å². The summed E-state index contributed by atoms with van der Waals surface area (Å²) in [6.07, 6.45) is 5.94. The normalized spacial score (nSPS) is 18.6. The molecule has 0 saturated carbocycles. The first-order chi connectivity index (χ1) is 10.1. The van der Waals surface area contributed by atoms with Gasteiger partial charge in [-0.3, -0.25) is 4.79 Å².